The maximum atomic E-state index is 10.3. The lowest BCUT2D eigenvalue weighted by atomic mass is 10.1. The fraction of sp³-hybridized carbons (Fsp3) is 0.923. The second-order valence-electron chi connectivity index (χ2n) is 4.47. The molecule has 0 atom stereocenters. The van der Waals surface area contributed by atoms with E-state index in [0.717, 1.165) is 25.8 Å². The van der Waals surface area contributed by atoms with E-state index in [1.165, 1.54) is 44.9 Å². The molecule has 3 N–H and O–H groups in total. The largest absolute Gasteiger partial charge is 0.481 e. The average Bonchev–Trinajstić information content (AvgIpc) is 2.25. The normalized spacial score (nSPS) is 10.6. The van der Waals surface area contributed by atoms with Gasteiger partial charge in [0.25, 0.3) is 0 Å². The molecule has 0 unspecified atom stereocenters. The van der Waals surface area contributed by atoms with Crippen LogP contribution in [0.25, 0.3) is 0 Å². The molecular weight excluding hydrogens is 202 g/mol. The summed E-state index contributed by atoms with van der Waals surface area (Å²) in [5, 5.41) is 8.45. The van der Waals surface area contributed by atoms with E-state index in [-0.39, 0.29) is 0 Å². The second-order valence-corrected chi connectivity index (χ2v) is 4.47. The van der Waals surface area contributed by atoms with Crippen LogP contribution in [0.4, 0.5) is 0 Å². The number of carbonyl (C=O) groups is 1. The van der Waals surface area contributed by atoms with Gasteiger partial charge in [0.15, 0.2) is 0 Å². The molecule has 96 valence electrons. The van der Waals surface area contributed by atoms with Gasteiger partial charge in [-0.3, -0.25) is 4.79 Å². The average molecular weight is 229 g/mol. The second kappa shape index (κ2) is 12.5. The van der Waals surface area contributed by atoms with Crippen LogP contribution in [-0.4, -0.2) is 17.6 Å². The topological polar surface area (TPSA) is 63.3 Å². The Bertz CT molecular complexity index is 160. The van der Waals surface area contributed by atoms with Crippen molar-refractivity contribution in [2.75, 3.05) is 6.54 Å². The summed E-state index contributed by atoms with van der Waals surface area (Å²) in [5.74, 6) is -0.667. The molecule has 3 nitrogen and oxygen atoms in total. The van der Waals surface area contributed by atoms with E-state index in [4.69, 9.17) is 10.8 Å². The number of hydrogen-bond acceptors (Lipinski definition) is 2. The Hall–Kier alpha value is -0.570. The summed E-state index contributed by atoms with van der Waals surface area (Å²) in [7, 11) is 0. The van der Waals surface area contributed by atoms with Gasteiger partial charge in [-0.15, -0.1) is 0 Å². The van der Waals surface area contributed by atoms with Crippen molar-refractivity contribution in [1.82, 2.24) is 0 Å². The quantitative estimate of drug-likeness (QED) is 0.505. The van der Waals surface area contributed by atoms with Gasteiger partial charge in [-0.1, -0.05) is 51.4 Å². The lowest BCUT2D eigenvalue weighted by molar-refractivity contribution is -0.137. The van der Waals surface area contributed by atoms with E-state index in [2.05, 4.69) is 0 Å². The van der Waals surface area contributed by atoms with E-state index in [1.54, 1.807) is 0 Å². The van der Waals surface area contributed by atoms with E-state index in [0.29, 0.717) is 6.42 Å². The summed E-state index contributed by atoms with van der Waals surface area (Å²) in [6, 6.07) is 0. The molecule has 0 amide bonds. The lowest BCUT2D eigenvalue weighted by Gasteiger charge is -2.01. The first kappa shape index (κ1) is 15.4. The van der Waals surface area contributed by atoms with Crippen LogP contribution < -0.4 is 5.73 Å². The standard InChI is InChI=1S/C13H27NO2/c14-12-10-8-6-4-2-1-3-5-7-9-11-13(15)16/h1-12,14H2,(H,15,16). The third-order valence-electron chi connectivity index (χ3n) is 2.84. The van der Waals surface area contributed by atoms with Crippen molar-refractivity contribution in [2.45, 2.75) is 70.6 Å². The molecule has 0 aliphatic rings. The number of carboxylic acid groups (broad SMARTS) is 1. The highest BCUT2D eigenvalue weighted by Crippen LogP contribution is 2.10. The molecule has 0 bridgehead atoms. The van der Waals surface area contributed by atoms with Crippen molar-refractivity contribution in [3.63, 3.8) is 0 Å². The summed E-state index contributed by atoms with van der Waals surface area (Å²) >= 11 is 0. The summed E-state index contributed by atoms with van der Waals surface area (Å²) in [6.07, 6.45) is 12.4. The molecule has 16 heavy (non-hydrogen) atoms. The highest BCUT2D eigenvalue weighted by Gasteiger charge is 1.96. The zero-order chi connectivity index (χ0) is 12.1. The summed E-state index contributed by atoms with van der Waals surface area (Å²) in [5.41, 5.74) is 5.42. The molecule has 0 fully saturated rings. The minimum atomic E-state index is -0.667. The lowest BCUT2D eigenvalue weighted by Crippen LogP contribution is -1.97. The van der Waals surface area contributed by atoms with Gasteiger partial charge in [-0.25, -0.2) is 0 Å². The summed E-state index contributed by atoms with van der Waals surface area (Å²) < 4.78 is 0. The van der Waals surface area contributed by atoms with Crippen molar-refractivity contribution in [3.05, 3.63) is 0 Å². The molecule has 0 aromatic rings. The molecule has 0 radical (unpaired) electrons. The van der Waals surface area contributed by atoms with Gasteiger partial charge in [-0.05, 0) is 19.4 Å². The van der Waals surface area contributed by atoms with Crippen molar-refractivity contribution < 1.29 is 9.90 Å². The van der Waals surface area contributed by atoms with Crippen LogP contribution in [0.1, 0.15) is 70.6 Å². The maximum absolute atomic E-state index is 10.3. The van der Waals surface area contributed by atoms with Gasteiger partial charge in [0.05, 0.1) is 0 Å². The Labute approximate surface area is 99.4 Å². The van der Waals surface area contributed by atoms with E-state index >= 15 is 0 Å². The van der Waals surface area contributed by atoms with Gasteiger partial charge >= 0.3 is 5.97 Å². The molecule has 0 spiro atoms. The van der Waals surface area contributed by atoms with Crippen LogP contribution in [0.2, 0.25) is 0 Å². The summed E-state index contributed by atoms with van der Waals surface area (Å²) in [4.78, 5) is 10.3. The fourth-order valence-corrected chi connectivity index (χ4v) is 1.83. The highest BCUT2D eigenvalue weighted by atomic mass is 16.4. The molecule has 3 heteroatoms. The van der Waals surface area contributed by atoms with Crippen molar-refractivity contribution in [1.29, 1.82) is 0 Å². The Morgan fingerprint density at radius 2 is 1.12 bits per heavy atom. The number of rotatable bonds is 12. The molecule has 0 aromatic heterocycles. The predicted molar refractivity (Wildman–Crippen MR) is 67.5 cm³/mol. The maximum Gasteiger partial charge on any atom is 0.303 e. The fourth-order valence-electron chi connectivity index (χ4n) is 1.83. The van der Waals surface area contributed by atoms with Crippen LogP contribution in [0, 0.1) is 0 Å². The number of carboxylic acids is 1. The molecule has 0 rings (SSSR count). The van der Waals surface area contributed by atoms with Gasteiger partial charge < -0.3 is 10.8 Å². The Kier molecular flexibility index (Phi) is 12.1. The molecule has 0 saturated carbocycles. The van der Waals surface area contributed by atoms with Crippen LogP contribution in [0.15, 0.2) is 0 Å². The molecule has 0 aromatic carbocycles. The highest BCUT2D eigenvalue weighted by molar-refractivity contribution is 5.66. The smallest absolute Gasteiger partial charge is 0.303 e. The zero-order valence-corrected chi connectivity index (χ0v) is 10.4. The van der Waals surface area contributed by atoms with Crippen molar-refractivity contribution in [3.8, 4) is 0 Å². The minimum absolute atomic E-state index is 0.332. The first-order chi connectivity index (χ1) is 7.77. The van der Waals surface area contributed by atoms with E-state index in [9.17, 15) is 4.79 Å². The van der Waals surface area contributed by atoms with Gasteiger partial charge in [0, 0.05) is 6.42 Å². The number of unbranched alkanes of at least 4 members (excludes halogenated alkanes) is 9. The predicted octanol–water partition coefficient (Wildman–Crippen LogP) is 3.32. The molecular formula is C13H27NO2. The number of hydrogen-bond donors (Lipinski definition) is 2. The van der Waals surface area contributed by atoms with Crippen LogP contribution >= 0.6 is 0 Å². The van der Waals surface area contributed by atoms with Gasteiger partial charge in [-0.2, -0.15) is 0 Å². The number of nitrogens with two attached hydrogens (primary N) is 1. The Morgan fingerprint density at radius 3 is 1.50 bits per heavy atom. The van der Waals surface area contributed by atoms with Crippen LogP contribution in [-0.2, 0) is 4.79 Å². The molecule has 0 heterocycles. The molecule has 0 aliphatic heterocycles. The molecule has 0 aliphatic carbocycles. The zero-order valence-electron chi connectivity index (χ0n) is 10.4. The number of aliphatic carboxylic acids is 1. The van der Waals surface area contributed by atoms with Crippen molar-refractivity contribution in [2.24, 2.45) is 5.73 Å². The van der Waals surface area contributed by atoms with Gasteiger partial charge in [0.1, 0.15) is 0 Å². The van der Waals surface area contributed by atoms with Crippen LogP contribution in [0.5, 0.6) is 0 Å². The van der Waals surface area contributed by atoms with Crippen LogP contribution in [0.3, 0.4) is 0 Å². The first-order valence-corrected chi connectivity index (χ1v) is 6.69. The SMILES string of the molecule is NCCCCCCCCCCCCC(=O)O. The first-order valence-electron chi connectivity index (χ1n) is 6.69. The van der Waals surface area contributed by atoms with E-state index < -0.39 is 5.97 Å². The third-order valence-corrected chi connectivity index (χ3v) is 2.84. The van der Waals surface area contributed by atoms with Crippen molar-refractivity contribution >= 4 is 5.97 Å². The Balaban J connectivity index is 2.90. The van der Waals surface area contributed by atoms with Gasteiger partial charge in [0.2, 0.25) is 0 Å². The van der Waals surface area contributed by atoms with E-state index in [1.807, 2.05) is 0 Å². The Morgan fingerprint density at radius 1 is 0.750 bits per heavy atom. The molecule has 0 saturated heterocycles. The monoisotopic (exact) mass is 229 g/mol. The minimum Gasteiger partial charge on any atom is -0.481 e. The summed E-state index contributed by atoms with van der Waals surface area (Å²) in [6.45, 7) is 0.823. The third kappa shape index (κ3) is 13.4.